The predicted molar refractivity (Wildman–Crippen MR) is 102 cm³/mol. The van der Waals surface area contributed by atoms with Gasteiger partial charge in [-0.25, -0.2) is 0 Å². The second kappa shape index (κ2) is 10.3. The SMILES string of the molecule is Cl.Cl.Nc1ccccc1CCC(=O)N1CCOC(Cn2cccn2)C1. The van der Waals surface area contributed by atoms with Gasteiger partial charge in [0, 0.05) is 37.6 Å². The largest absolute Gasteiger partial charge is 0.399 e. The third kappa shape index (κ3) is 5.92. The van der Waals surface area contributed by atoms with Gasteiger partial charge in [-0.2, -0.15) is 5.10 Å². The number of nitrogens with two attached hydrogens (primary N) is 1. The second-order valence-corrected chi connectivity index (χ2v) is 5.76. The molecule has 2 aromatic rings. The third-order valence-electron chi connectivity index (χ3n) is 4.10. The standard InChI is InChI=1S/C17H22N4O2.2ClH/c18-16-5-2-1-4-14(16)6-7-17(22)20-10-11-23-15(12-20)13-21-9-3-8-19-21;;/h1-5,8-9,15H,6-7,10-13,18H2;2*1H. The Balaban J connectivity index is 0.00000156. The summed E-state index contributed by atoms with van der Waals surface area (Å²) in [5.41, 5.74) is 7.71. The topological polar surface area (TPSA) is 73.4 Å². The molecular formula is C17H24Cl2N4O2. The maximum absolute atomic E-state index is 12.4. The number of carbonyl (C=O) groups excluding carboxylic acids is 1. The van der Waals surface area contributed by atoms with Crippen LogP contribution in [0, 0.1) is 0 Å². The lowest BCUT2D eigenvalue weighted by Gasteiger charge is -2.33. The minimum atomic E-state index is -0.00519. The quantitative estimate of drug-likeness (QED) is 0.799. The summed E-state index contributed by atoms with van der Waals surface area (Å²) in [6.07, 6.45) is 4.79. The van der Waals surface area contributed by atoms with Crippen LogP contribution in [-0.2, 0) is 22.5 Å². The van der Waals surface area contributed by atoms with E-state index in [1.807, 2.05) is 46.1 Å². The number of halogens is 2. The summed E-state index contributed by atoms with van der Waals surface area (Å²) in [6, 6.07) is 9.58. The molecule has 1 amide bonds. The fraction of sp³-hybridized carbons (Fsp3) is 0.412. The molecule has 0 radical (unpaired) electrons. The van der Waals surface area contributed by atoms with E-state index in [0.717, 1.165) is 11.3 Å². The van der Waals surface area contributed by atoms with Crippen molar-refractivity contribution in [1.82, 2.24) is 14.7 Å². The summed E-state index contributed by atoms with van der Waals surface area (Å²) in [5.74, 6) is 0.155. The number of nitrogens with zero attached hydrogens (tertiary/aromatic N) is 3. The molecule has 1 unspecified atom stereocenters. The Bertz CT molecular complexity index is 652. The van der Waals surface area contributed by atoms with Gasteiger partial charge in [-0.1, -0.05) is 18.2 Å². The van der Waals surface area contributed by atoms with Gasteiger partial charge in [0.1, 0.15) is 0 Å². The van der Waals surface area contributed by atoms with E-state index < -0.39 is 0 Å². The van der Waals surface area contributed by atoms with E-state index in [1.165, 1.54) is 0 Å². The molecule has 6 nitrogen and oxygen atoms in total. The van der Waals surface area contributed by atoms with Gasteiger partial charge >= 0.3 is 0 Å². The van der Waals surface area contributed by atoms with Crippen LogP contribution in [0.4, 0.5) is 5.69 Å². The molecule has 0 saturated carbocycles. The maximum atomic E-state index is 12.4. The van der Waals surface area contributed by atoms with Crippen molar-refractivity contribution in [3.05, 3.63) is 48.3 Å². The third-order valence-corrected chi connectivity index (χ3v) is 4.10. The van der Waals surface area contributed by atoms with Crippen LogP contribution in [0.5, 0.6) is 0 Å². The maximum Gasteiger partial charge on any atom is 0.223 e. The number of hydrogen-bond donors (Lipinski definition) is 1. The first-order chi connectivity index (χ1) is 11.2. The zero-order chi connectivity index (χ0) is 16.1. The molecule has 8 heteroatoms. The summed E-state index contributed by atoms with van der Waals surface area (Å²) in [6.45, 7) is 2.51. The fourth-order valence-electron chi connectivity index (χ4n) is 2.83. The van der Waals surface area contributed by atoms with E-state index >= 15 is 0 Å². The van der Waals surface area contributed by atoms with Gasteiger partial charge < -0.3 is 15.4 Å². The van der Waals surface area contributed by atoms with Crippen LogP contribution in [-0.4, -0.2) is 46.4 Å². The van der Waals surface area contributed by atoms with Crippen molar-refractivity contribution in [2.75, 3.05) is 25.4 Å². The number of aromatic nitrogens is 2. The van der Waals surface area contributed by atoms with Gasteiger partial charge in [-0.15, -0.1) is 24.8 Å². The highest BCUT2D eigenvalue weighted by atomic mass is 35.5. The first-order valence-corrected chi connectivity index (χ1v) is 7.92. The van der Waals surface area contributed by atoms with Crippen molar-refractivity contribution in [3.8, 4) is 0 Å². The van der Waals surface area contributed by atoms with Gasteiger partial charge in [0.2, 0.25) is 5.91 Å². The van der Waals surface area contributed by atoms with E-state index in [0.29, 0.717) is 39.1 Å². The van der Waals surface area contributed by atoms with Gasteiger partial charge in [0.05, 0.1) is 19.3 Å². The van der Waals surface area contributed by atoms with Gasteiger partial charge in [-0.3, -0.25) is 9.48 Å². The number of carbonyl (C=O) groups is 1. The molecule has 0 aliphatic carbocycles. The summed E-state index contributed by atoms with van der Waals surface area (Å²) < 4.78 is 7.58. The van der Waals surface area contributed by atoms with Gasteiger partial charge in [-0.05, 0) is 24.1 Å². The Labute approximate surface area is 160 Å². The molecule has 2 N–H and O–H groups in total. The summed E-state index contributed by atoms with van der Waals surface area (Å²) in [5, 5.41) is 4.19. The molecule has 1 aliphatic rings. The summed E-state index contributed by atoms with van der Waals surface area (Å²) in [7, 11) is 0. The van der Waals surface area contributed by atoms with Crippen LogP contribution < -0.4 is 5.73 Å². The van der Waals surface area contributed by atoms with E-state index in [1.54, 1.807) is 6.20 Å². The molecule has 1 fully saturated rings. The molecule has 0 bridgehead atoms. The Hall–Kier alpha value is -1.76. The number of nitrogen functional groups attached to an aromatic ring is 1. The number of benzene rings is 1. The Morgan fingerprint density at radius 3 is 2.80 bits per heavy atom. The number of para-hydroxylation sites is 1. The molecule has 1 aromatic carbocycles. The monoisotopic (exact) mass is 386 g/mol. The minimum absolute atomic E-state index is 0. The number of anilines is 1. The van der Waals surface area contributed by atoms with Crippen molar-refractivity contribution in [2.24, 2.45) is 0 Å². The molecule has 2 heterocycles. The van der Waals surface area contributed by atoms with Gasteiger partial charge in [0.25, 0.3) is 0 Å². The Morgan fingerprint density at radius 2 is 2.08 bits per heavy atom. The molecule has 1 atom stereocenters. The van der Waals surface area contributed by atoms with Crippen LogP contribution >= 0.6 is 24.8 Å². The fourth-order valence-corrected chi connectivity index (χ4v) is 2.83. The van der Waals surface area contributed by atoms with Crippen LogP contribution in [0.1, 0.15) is 12.0 Å². The smallest absolute Gasteiger partial charge is 0.223 e. The summed E-state index contributed by atoms with van der Waals surface area (Å²) in [4.78, 5) is 14.3. The predicted octanol–water partition coefficient (Wildman–Crippen LogP) is 2.17. The lowest BCUT2D eigenvalue weighted by atomic mass is 10.1. The molecule has 1 saturated heterocycles. The van der Waals surface area contributed by atoms with Crippen molar-refractivity contribution < 1.29 is 9.53 Å². The molecule has 1 aliphatic heterocycles. The van der Waals surface area contributed by atoms with Gasteiger partial charge in [0.15, 0.2) is 0 Å². The lowest BCUT2D eigenvalue weighted by molar-refractivity contribution is -0.139. The highest BCUT2D eigenvalue weighted by molar-refractivity contribution is 5.85. The average Bonchev–Trinajstić information content (AvgIpc) is 3.07. The van der Waals surface area contributed by atoms with E-state index in [4.69, 9.17) is 10.5 Å². The molecular weight excluding hydrogens is 363 g/mol. The molecule has 3 rings (SSSR count). The second-order valence-electron chi connectivity index (χ2n) is 5.76. The highest BCUT2D eigenvalue weighted by Crippen LogP contribution is 2.15. The number of aryl methyl sites for hydroxylation is 1. The van der Waals surface area contributed by atoms with Crippen LogP contribution in [0.2, 0.25) is 0 Å². The van der Waals surface area contributed by atoms with Crippen LogP contribution in [0.25, 0.3) is 0 Å². The van der Waals surface area contributed by atoms with E-state index in [9.17, 15) is 4.79 Å². The van der Waals surface area contributed by atoms with Crippen molar-refractivity contribution in [2.45, 2.75) is 25.5 Å². The highest BCUT2D eigenvalue weighted by Gasteiger charge is 2.24. The average molecular weight is 387 g/mol. The minimum Gasteiger partial charge on any atom is -0.399 e. The number of morpholine rings is 1. The number of ether oxygens (including phenoxy) is 1. The number of amides is 1. The summed E-state index contributed by atoms with van der Waals surface area (Å²) >= 11 is 0. The molecule has 1 aromatic heterocycles. The molecule has 0 spiro atoms. The first kappa shape index (κ1) is 21.3. The zero-order valence-electron chi connectivity index (χ0n) is 13.9. The molecule has 25 heavy (non-hydrogen) atoms. The van der Waals surface area contributed by atoms with Crippen LogP contribution in [0.3, 0.4) is 0 Å². The zero-order valence-corrected chi connectivity index (χ0v) is 15.5. The Kier molecular flexibility index (Phi) is 8.75. The number of hydrogen-bond acceptors (Lipinski definition) is 4. The molecule has 138 valence electrons. The Morgan fingerprint density at radius 1 is 1.28 bits per heavy atom. The van der Waals surface area contributed by atoms with Crippen molar-refractivity contribution in [1.29, 1.82) is 0 Å². The van der Waals surface area contributed by atoms with E-state index in [2.05, 4.69) is 5.10 Å². The van der Waals surface area contributed by atoms with Crippen LogP contribution in [0.15, 0.2) is 42.7 Å². The lowest BCUT2D eigenvalue weighted by Crippen LogP contribution is -2.47. The van der Waals surface area contributed by atoms with Crippen molar-refractivity contribution in [3.63, 3.8) is 0 Å². The first-order valence-electron chi connectivity index (χ1n) is 7.92. The van der Waals surface area contributed by atoms with E-state index in [-0.39, 0.29) is 36.8 Å². The van der Waals surface area contributed by atoms with Crippen molar-refractivity contribution >= 4 is 36.4 Å². The number of rotatable bonds is 5. The normalized spacial score (nSPS) is 16.6.